The minimum Gasteiger partial charge on any atom is -0.494 e. The molecule has 0 amide bonds. The monoisotopic (exact) mass is 243 g/mol. The zero-order valence-electron chi connectivity index (χ0n) is 10.7. The molecule has 0 saturated heterocycles. The molecule has 0 aliphatic carbocycles. The van der Waals surface area contributed by atoms with Crippen molar-refractivity contribution in [3.63, 3.8) is 0 Å². The highest BCUT2D eigenvalue weighted by Gasteiger charge is 2.20. The maximum Gasteiger partial charge on any atom is 0.144 e. The summed E-state index contributed by atoms with van der Waals surface area (Å²) in [6.07, 6.45) is 1.05. The first-order valence-electron chi connectivity index (χ1n) is 6.22. The molecule has 0 fully saturated rings. The van der Waals surface area contributed by atoms with Crippen LogP contribution in [0.2, 0.25) is 0 Å². The highest BCUT2D eigenvalue weighted by Crippen LogP contribution is 2.27. The maximum absolute atomic E-state index is 5.42. The van der Waals surface area contributed by atoms with Crippen molar-refractivity contribution in [2.24, 2.45) is 0 Å². The number of hydrogen-bond donors (Lipinski definition) is 1. The molecule has 1 aliphatic rings. The Morgan fingerprint density at radius 1 is 1.33 bits per heavy atom. The van der Waals surface area contributed by atoms with E-state index in [2.05, 4.69) is 17.3 Å². The minimum absolute atomic E-state index is 0.855. The van der Waals surface area contributed by atoms with Crippen molar-refractivity contribution >= 4 is 0 Å². The highest BCUT2D eigenvalue weighted by molar-refractivity contribution is 5.48. The second-order valence-electron chi connectivity index (χ2n) is 4.52. The molecule has 0 atom stereocenters. The first-order chi connectivity index (χ1) is 8.81. The second-order valence-corrected chi connectivity index (χ2v) is 4.52. The third kappa shape index (κ3) is 1.69. The van der Waals surface area contributed by atoms with Gasteiger partial charge < -0.3 is 10.1 Å². The molecule has 18 heavy (non-hydrogen) atoms. The fourth-order valence-corrected chi connectivity index (χ4v) is 2.54. The Kier molecular flexibility index (Phi) is 2.80. The van der Waals surface area contributed by atoms with Gasteiger partial charge in [0.25, 0.3) is 0 Å². The molecule has 4 heteroatoms. The van der Waals surface area contributed by atoms with Crippen LogP contribution < -0.4 is 10.1 Å². The zero-order chi connectivity index (χ0) is 12.5. The molecule has 1 N–H and O–H groups in total. The van der Waals surface area contributed by atoms with E-state index in [0.29, 0.717) is 0 Å². The molecular formula is C14H17N3O. The summed E-state index contributed by atoms with van der Waals surface area (Å²) in [4.78, 5) is 0. The van der Waals surface area contributed by atoms with Crippen LogP contribution in [-0.4, -0.2) is 23.4 Å². The molecule has 0 unspecified atom stereocenters. The predicted octanol–water partition coefficient (Wildman–Crippen LogP) is 1.84. The summed E-state index contributed by atoms with van der Waals surface area (Å²) in [7, 11) is 1.69. The van der Waals surface area contributed by atoms with Crippen LogP contribution in [-0.2, 0) is 13.0 Å². The Bertz CT molecular complexity index is 574. The third-order valence-electron chi connectivity index (χ3n) is 3.45. The highest BCUT2D eigenvalue weighted by atomic mass is 16.5. The Morgan fingerprint density at radius 2 is 2.17 bits per heavy atom. The number of methoxy groups -OCH3 is 1. The number of fused-ring (bicyclic) bond motifs is 1. The number of benzene rings is 1. The van der Waals surface area contributed by atoms with Gasteiger partial charge in [0.2, 0.25) is 0 Å². The molecule has 94 valence electrons. The van der Waals surface area contributed by atoms with E-state index in [1.165, 1.54) is 11.3 Å². The Hall–Kier alpha value is -1.81. The van der Waals surface area contributed by atoms with E-state index >= 15 is 0 Å². The van der Waals surface area contributed by atoms with E-state index in [1.54, 1.807) is 7.11 Å². The number of para-hydroxylation sites is 2. The molecule has 1 aliphatic heterocycles. The van der Waals surface area contributed by atoms with Gasteiger partial charge in [-0.3, -0.25) is 0 Å². The summed E-state index contributed by atoms with van der Waals surface area (Å²) < 4.78 is 7.43. The lowest BCUT2D eigenvalue weighted by Crippen LogP contribution is -2.25. The van der Waals surface area contributed by atoms with Crippen LogP contribution in [0.1, 0.15) is 17.0 Å². The van der Waals surface area contributed by atoms with Crippen molar-refractivity contribution in [1.29, 1.82) is 0 Å². The molecule has 2 heterocycles. The van der Waals surface area contributed by atoms with Crippen LogP contribution in [0.15, 0.2) is 24.3 Å². The molecule has 0 spiro atoms. The van der Waals surface area contributed by atoms with E-state index in [4.69, 9.17) is 4.74 Å². The second kappa shape index (κ2) is 4.46. The fourth-order valence-electron chi connectivity index (χ4n) is 2.54. The minimum atomic E-state index is 0.855. The van der Waals surface area contributed by atoms with Crippen molar-refractivity contribution in [3.8, 4) is 11.4 Å². The smallest absolute Gasteiger partial charge is 0.144 e. The number of nitrogens with one attached hydrogen (secondary N) is 1. The van der Waals surface area contributed by atoms with Gasteiger partial charge >= 0.3 is 0 Å². The van der Waals surface area contributed by atoms with Gasteiger partial charge in [0.1, 0.15) is 11.4 Å². The van der Waals surface area contributed by atoms with E-state index in [1.807, 2.05) is 28.9 Å². The number of aromatic nitrogens is 2. The van der Waals surface area contributed by atoms with Crippen LogP contribution >= 0.6 is 0 Å². The lowest BCUT2D eigenvalue weighted by molar-refractivity contribution is 0.411. The quantitative estimate of drug-likeness (QED) is 0.874. The van der Waals surface area contributed by atoms with Gasteiger partial charge in [-0.25, -0.2) is 4.68 Å². The van der Waals surface area contributed by atoms with Gasteiger partial charge in [0.15, 0.2) is 0 Å². The average molecular weight is 243 g/mol. The van der Waals surface area contributed by atoms with Gasteiger partial charge in [0, 0.05) is 6.54 Å². The SMILES string of the molecule is COc1ccccc1-n1nc(C)c2c1CNCC2. The molecular weight excluding hydrogens is 226 g/mol. The van der Waals surface area contributed by atoms with Crippen molar-refractivity contribution in [2.75, 3.05) is 13.7 Å². The maximum atomic E-state index is 5.42. The lowest BCUT2D eigenvalue weighted by atomic mass is 10.1. The van der Waals surface area contributed by atoms with Gasteiger partial charge in [-0.05, 0) is 37.6 Å². The van der Waals surface area contributed by atoms with E-state index in [0.717, 1.165) is 36.6 Å². The normalized spacial score (nSPS) is 14.3. The number of aryl methyl sites for hydroxylation is 1. The topological polar surface area (TPSA) is 39.1 Å². The summed E-state index contributed by atoms with van der Waals surface area (Å²) in [5.41, 5.74) is 4.76. The first-order valence-corrected chi connectivity index (χ1v) is 6.22. The van der Waals surface area contributed by atoms with E-state index in [-0.39, 0.29) is 0 Å². The zero-order valence-corrected chi connectivity index (χ0v) is 10.7. The summed E-state index contributed by atoms with van der Waals surface area (Å²) in [5.74, 6) is 0.855. The van der Waals surface area contributed by atoms with Crippen molar-refractivity contribution in [3.05, 3.63) is 41.2 Å². The number of hydrogen-bond acceptors (Lipinski definition) is 3. The van der Waals surface area contributed by atoms with E-state index in [9.17, 15) is 0 Å². The summed E-state index contributed by atoms with van der Waals surface area (Å²) in [5, 5.41) is 8.07. The molecule has 4 nitrogen and oxygen atoms in total. The third-order valence-corrected chi connectivity index (χ3v) is 3.45. The molecule has 0 saturated carbocycles. The van der Waals surface area contributed by atoms with Crippen LogP contribution in [0.5, 0.6) is 5.75 Å². The first kappa shape index (κ1) is 11.3. The standard InChI is InChI=1S/C14H17N3O/c1-10-11-7-8-15-9-13(11)17(16-10)12-5-3-4-6-14(12)18-2/h3-6,15H,7-9H2,1-2H3. The van der Waals surface area contributed by atoms with Crippen molar-refractivity contribution < 1.29 is 4.74 Å². The Labute approximate surface area is 107 Å². The lowest BCUT2D eigenvalue weighted by Gasteiger charge is -2.16. The number of ether oxygens (including phenoxy) is 1. The van der Waals surface area contributed by atoms with E-state index < -0.39 is 0 Å². The van der Waals surface area contributed by atoms with Crippen LogP contribution in [0.4, 0.5) is 0 Å². The molecule has 0 radical (unpaired) electrons. The average Bonchev–Trinajstić information content (AvgIpc) is 2.77. The van der Waals surface area contributed by atoms with Crippen LogP contribution in [0.3, 0.4) is 0 Å². The van der Waals surface area contributed by atoms with Crippen LogP contribution in [0.25, 0.3) is 5.69 Å². The predicted molar refractivity (Wildman–Crippen MR) is 70.3 cm³/mol. The molecule has 1 aromatic carbocycles. The Balaban J connectivity index is 2.17. The summed E-state index contributed by atoms with van der Waals surface area (Å²) >= 11 is 0. The molecule has 1 aromatic heterocycles. The van der Waals surface area contributed by atoms with Crippen molar-refractivity contribution in [1.82, 2.24) is 15.1 Å². The number of rotatable bonds is 2. The van der Waals surface area contributed by atoms with Gasteiger partial charge in [-0.2, -0.15) is 5.10 Å². The van der Waals surface area contributed by atoms with Gasteiger partial charge in [-0.15, -0.1) is 0 Å². The molecule has 0 bridgehead atoms. The van der Waals surface area contributed by atoms with Gasteiger partial charge in [0.05, 0.1) is 18.5 Å². The fraction of sp³-hybridized carbons (Fsp3) is 0.357. The largest absolute Gasteiger partial charge is 0.494 e. The summed E-state index contributed by atoms with van der Waals surface area (Å²) in [6.45, 7) is 3.98. The van der Waals surface area contributed by atoms with Crippen LogP contribution in [0, 0.1) is 6.92 Å². The molecule has 2 aromatic rings. The Morgan fingerprint density at radius 3 is 3.00 bits per heavy atom. The van der Waals surface area contributed by atoms with Crippen molar-refractivity contribution in [2.45, 2.75) is 19.9 Å². The molecule has 3 rings (SSSR count). The summed E-state index contributed by atoms with van der Waals surface area (Å²) in [6, 6.07) is 8.00. The number of nitrogens with zero attached hydrogens (tertiary/aromatic N) is 2. The van der Waals surface area contributed by atoms with Gasteiger partial charge in [-0.1, -0.05) is 12.1 Å².